The Hall–Kier alpha value is -3.23. The van der Waals surface area contributed by atoms with Gasteiger partial charge in [-0.2, -0.15) is 44.9 Å². The zero-order chi connectivity index (χ0) is 26.9. The molecule has 0 fully saturated rings. The van der Waals surface area contributed by atoms with E-state index in [9.17, 15) is 39.9 Å². The highest BCUT2D eigenvalue weighted by molar-refractivity contribution is 6.30. The molecule has 2 heterocycles. The first kappa shape index (κ1) is 27.4. The lowest BCUT2D eigenvalue weighted by Gasteiger charge is -2.22. The van der Waals surface area contributed by atoms with Crippen LogP contribution in [0.1, 0.15) is 25.2 Å². The molecule has 2 unspecified atom stereocenters. The minimum atomic E-state index is -5.78. The first-order chi connectivity index (χ1) is 16.6. The molecule has 7 nitrogen and oxygen atoms in total. The van der Waals surface area contributed by atoms with E-state index >= 15 is 0 Å². The number of hydrogen-bond acceptors (Lipinski definition) is 5. The van der Waals surface area contributed by atoms with Crippen LogP contribution in [0.25, 0.3) is 5.82 Å². The van der Waals surface area contributed by atoms with Crippen LogP contribution in [0, 0.1) is 5.92 Å². The van der Waals surface area contributed by atoms with Crippen molar-refractivity contribution in [1.82, 2.24) is 25.1 Å². The number of aromatic nitrogens is 4. The molecule has 1 aliphatic rings. The predicted molar refractivity (Wildman–Crippen MR) is 108 cm³/mol. The van der Waals surface area contributed by atoms with Crippen LogP contribution in [0.5, 0.6) is 5.75 Å². The van der Waals surface area contributed by atoms with Crippen LogP contribution >= 0.6 is 11.6 Å². The second-order valence-corrected chi connectivity index (χ2v) is 8.12. The van der Waals surface area contributed by atoms with Crippen molar-refractivity contribution in [2.24, 2.45) is 5.92 Å². The van der Waals surface area contributed by atoms with Gasteiger partial charge < -0.3 is 10.1 Å². The van der Waals surface area contributed by atoms with Gasteiger partial charge in [0.05, 0.1) is 18.2 Å². The Morgan fingerprint density at radius 3 is 2.47 bits per heavy atom. The summed E-state index contributed by atoms with van der Waals surface area (Å²) in [4.78, 5) is 20.4. The average Bonchev–Trinajstić information content (AvgIpc) is 3.26. The summed E-state index contributed by atoms with van der Waals surface area (Å²) in [5.74, 6) is -8.09. The zero-order valence-corrected chi connectivity index (χ0v) is 18.8. The molecule has 2 atom stereocenters. The molecule has 0 radical (unpaired) electrons. The lowest BCUT2D eigenvalue weighted by atomic mass is 9.95. The largest absolute Gasteiger partial charge is 0.485 e. The summed E-state index contributed by atoms with van der Waals surface area (Å²) in [6.07, 6.45) is -6.99. The third-order valence-electron chi connectivity index (χ3n) is 4.87. The second kappa shape index (κ2) is 10.0. The highest BCUT2D eigenvalue weighted by atomic mass is 35.5. The van der Waals surface area contributed by atoms with Gasteiger partial charge in [-0.05, 0) is 31.6 Å². The van der Waals surface area contributed by atoms with E-state index in [1.165, 1.54) is 13.0 Å². The quantitative estimate of drug-likeness (QED) is 0.493. The maximum Gasteiger partial charge on any atom is 0.456 e. The van der Waals surface area contributed by atoms with Crippen molar-refractivity contribution in [3.63, 3.8) is 0 Å². The summed E-state index contributed by atoms with van der Waals surface area (Å²) in [6, 6.07) is 1.36. The first-order valence-electron chi connectivity index (χ1n) is 9.97. The molecule has 2 aromatic rings. The predicted octanol–water partition coefficient (Wildman–Crippen LogP) is 5.05. The smallest absolute Gasteiger partial charge is 0.456 e. The van der Waals surface area contributed by atoms with E-state index in [-0.39, 0.29) is 28.0 Å². The van der Waals surface area contributed by atoms with Crippen LogP contribution in [0.4, 0.5) is 35.1 Å². The Morgan fingerprint density at radius 1 is 1.19 bits per heavy atom. The summed E-state index contributed by atoms with van der Waals surface area (Å²) >= 11 is 5.78. The monoisotopic (exact) mass is 545 g/mol. The summed E-state index contributed by atoms with van der Waals surface area (Å²) in [6.45, 7) is -0.482. The van der Waals surface area contributed by atoms with Crippen molar-refractivity contribution in [2.75, 3.05) is 6.61 Å². The van der Waals surface area contributed by atoms with Gasteiger partial charge in [-0.25, -0.2) is 9.97 Å². The molecule has 0 saturated heterocycles. The molecule has 0 saturated carbocycles. The minimum absolute atomic E-state index is 0.0375. The van der Waals surface area contributed by atoms with Crippen molar-refractivity contribution in [3.8, 4) is 11.6 Å². The molecule has 16 heteroatoms. The topological polar surface area (TPSA) is 81.9 Å². The summed E-state index contributed by atoms with van der Waals surface area (Å²) in [5.41, 5.74) is -0.290. The molecule has 36 heavy (non-hydrogen) atoms. The number of nitrogens with one attached hydrogen (secondary N) is 1. The number of hydrogen-bond donors (Lipinski definition) is 1. The van der Waals surface area contributed by atoms with Gasteiger partial charge in [-0.1, -0.05) is 17.7 Å². The number of allylic oxidation sites excluding steroid dienone is 2. The average molecular weight is 546 g/mol. The Morgan fingerprint density at radius 2 is 1.89 bits per heavy atom. The third kappa shape index (κ3) is 6.30. The Bertz CT molecular complexity index is 1160. The standard InChI is InChI=1S/C20H16ClF8N5O2/c1-10(33-17(35)11-4-12(19(24,25)26)6-13(21)5-11)16-31-9-32-34(16)15-3-2-14(7-30-15)36-8-18(22,23)20(27,28)29/h2-5,7,9-10,12H,6,8H2,1H3,(H,33,35). The van der Waals surface area contributed by atoms with Gasteiger partial charge in [0.15, 0.2) is 18.2 Å². The number of rotatable bonds is 7. The number of nitrogens with zero attached hydrogens (tertiary/aromatic N) is 4. The molecular weight excluding hydrogens is 530 g/mol. The van der Waals surface area contributed by atoms with Crippen LogP contribution in [0.2, 0.25) is 0 Å². The van der Waals surface area contributed by atoms with Gasteiger partial charge in [0.2, 0.25) is 0 Å². The fraction of sp³-hybridized carbons (Fsp3) is 0.400. The molecule has 196 valence electrons. The van der Waals surface area contributed by atoms with E-state index in [1.54, 1.807) is 0 Å². The lowest BCUT2D eigenvalue weighted by molar-refractivity contribution is -0.290. The second-order valence-electron chi connectivity index (χ2n) is 7.63. The number of amides is 1. The van der Waals surface area contributed by atoms with E-state index in [0.717, 1.165) is 35.4 Å². The molecular formula is C20H16ClF8N5O2. The molecule has 0 bridgehead atoms. The highest BCUT2D eigenvalue weighted by Gasteiger charge is 2.58. The Labute approximate surface area is 202 Å². The van der Waals surface area contributed by atoms with Crippen LogP contribution in [-0.4, -0.2) is 50.5 Å². The number of ether oxygens (including phenoxy) is 1. The van der Waals surface area contributed by atoms with Crippen LogP contribution in [-0.2, 0) is 4.79 Å². The normalized spacial score (nSPS) is 17.8. The SMILES string of the molecule is CC(NC(=O)C1=CC(C(F)(F)F)CC(Cl)=C1)c1ncnn1-c1ccc(OCC(F)(F)C(F)(F)F)cn1. The van der Waals surface area contributed by atoms with Gasteiger partial charge in [-0.3, -0.25) is 4.79 Å². The summed E-state index contributed by atoms with van der Waals surface area (Å²) in [5, 5.41) is 6.25. The van der Waals surface area contributed by atoms with Gasteiger partial charge in [0.25, 0.3) is 5.91 Å². The zero-order valence-electron chi connectivity index (χ0n) is 18.0. The van der Waals surface area contributed by atoms with Gasteiger partial charge in [-0.15, -0.1) is 0 Å². The van der Waals surface area contributed by atoms with Crippen LogP contribution < -0.4 is 10.1 Å². The first-order valence-corrected chi connectivity index (χ1v) is 10.4. The van der Waals surface area contributed by atoms with Crippen molar-refractivity contribution in [1.29, 1.82) is 0 Å². The number of carbonyl (C=O) groups is 1. The summed E-state index contributed by atoms with van der Waals surface area (Å²) < 4.78 is 108. The van der Waals surface area contributed by atoms with Crippen molar-refractivity contribution < 1.29 is 44.7 Å². The van der Waals surface area contributed by atoms with E-state index in [4.69, 9.17) is 11.6 Å². The van der Waals surface area contributed by atoms with E-state index in [0.29, 0.717) is 0 Å². The number of halogens is 9. The Kier molecular flexibility index (Phi) is 7.62. The van der Waals surface area contributed by atoms with Gasteiger partial charge >= 0.3 is 18.3 Å². The molecule has 0 spiro atoms. The molecule has 1 N–H and O–H groups in total. The van der Waals surface area contributed by atoms with Gasteiger partial charge in [0, 0.05) is 10.6 Å². The van der Waals surface area contributed by atoms with Crippen LogP contribution in [0.15, 0.2) is 47.4 Å². The number of carbonyl (C=O) groups excluding carboxylic acids is 1. The summed E-state index contributed by atoms with van der Waals surface area (Å²) in [7, 11) is 0. The molecule has 0 aliphatic heterocycles. The molecule has 0 aromatic carbocycles. The van der Waals surface area contributed by atoms with Crippen molar-refractivity contribution in [3.05, 3.63) is 53.2 Å². The van der Waals surface area contributed by atoms with E-state index in [1.807, 2.05) is 0 Å². The van der Waals surface area contributed by atoms with Crippen molar-refractivity contribution >= 4 is 17.5 Å². The fourth-order valence-electron chi connectivity index (χ4n) is 3.02. The highest BCUT2D eigenvalue weighted by Crippen LogP contribution is 2.38. The lowest BCUT2D eigenvalue weighted by Crippen LogP contribution is -2.41. The van der Waals surface area contributed by atoms with Crippen molar-refractivity contribution in [2.45, 2.75) is 37.7 Å². The van der Waals surface area contributed by atoms with E-state index < -0.39 is 49.2 Å². The molecule has 1 amide bonds. The number of alkyl halides is 8. The van der Waals surface area contributed by atoms with Gasteiger partial charge in [0.1, 0.15) is 12.1 Å². The molecule has 1 aliphatic carbocycles. The minimum Gasteiger partial charge on any atom is -0.485 e. The molecule has 2 aromatic heterocycles. The third-order valence-corrected chi connectivity index (χ3v) is 5.14. The number of pyridine rings is 1. The molecule has 3 rings (SSSR count). The maximum atomic E-state index is 13.1. The van der Waals surface area contributed by atoms with E-state index in [2.05, 4.69) is 25.1 Å². The Balaban J connectivity index is 1.71. The fourth-order valence-corrected chi connectivity index (χ4v) is 3.30. The van der Waals surface area contributed by atoms with Crippen LogP contribution in [0.3, 0.4) is 0 Å². The maximum absolute atomic E-state index is 13.1.